The molecule has 0 aliphatic carbocycles. The lowest BCUT2D eigenvalue weighted by molar-refractivity contribution is 0.0953. The van der Waals surface area contributed by atoms with Gasteiger partial charge in [0.15, 0.2) is 0 Å². The molecule has 0 atom stereocenters. The molecule has 2 rings (SSSR count). The van der Waals surface area contributed by atoms with E-state index in [1.54, 1.807) is 6.33 Å². The lowest BCUT2D eigenvalue weighted by Crippen LogP contribution is -2.27. The van der Waals surface area contributed by atoms with Gasteiger partial charge in [-0.25, -0.2) is 0 Å². The van der Waals surface area contributed by atoms with Crippen molar-refractivity contribution in [1.82, 2.24) is 20.1 Å². The summed E-state index contributed by atoms with van der Waals surface area (Å²) in [6, 6.07) is 5.61. The highest BCUT2D eigenvalue weighted by atomic mass is 79.9. The highest BCUT2D eigenvalue weighted by molar-refractivity contribution is 9.10. The maximum Gasteiger partial charge on any atom is 0.251 e. The van der Waals surface area contributed by atoms with Crippen LogP contribution in [0.25, 0.3) is 0 Å². The van der Waals surface area contributed by atoms with Gasteiger partial charge in [-0.3, -0.25) is 4.79 Å². The summed E-state index contributed by atoms with van der Waals surface area (Å²) in [7, 11) is 1.88. The van der Waals surface area contributed by atoms with Gasteiger partial charge in [0, 0.05) is 30.0 Å². The molecular formula is C13H15BrN4O. The molecule has 1 aromatic heterocycles. The van der Waals surface area contributed by atoms with Crippen LogP contribution in [0, 0.1) is 6.92 Å². The molecule has 0 spiro atoms. The molecule has 1 N–H and O–H groups in total. The highest BCUT2D eigenvalue weighted by Crippen LogP contribution is 2.15. The molecule has 5 nitrogen and oxygen atoms in total. The molecule has 0 aliphatic heterocycles. The number of aryl methyl sites for hydroxylation is 2. The average molecular weight is 323 g/mol. The zero-order chi connectivity index (χ0) is 13.8. The fourth-order valence-corrected chi connectivity index (χ4v) is 2.27. The Labute approximate surface area is 120 Å². The molecule has 0 aliphatic rings. The van der Waals surface area contributed by atoms with E-state index >= 15 is 0 Å². The Hall–Kier alpha value is -1.69. The van der Waals surface area contributed by atoms with Gasteiger partial charge in [0.1, 0.15) is 12.2 Å². The van der Waals surface area contributed by atoms with Crippen molar-refractivity contribution in [3.8, 4) is 0 Å². The number of nitrogens with one attached hydrogen (secondary N) is 1. The van der Waals surface area contributed by atoms with Gasteiger partial charge in [0.2, 0.25) is 0 Å². The molecule has 0 fully saturated rings. The van der Waals surface area contributed by atoms with Gasteiger partial charge in [-0.15, -0.1) is 10.2 Å². The molecule has 19 heavy (non-hydrogen) atoms. The number of hydrogen-bond acceptors (Lipinski definition) is 3. The Kier molecular flexibility index (Phi) is 4.31. The van der Waals surface area contributed by atoms with Crippen LogP contribution in [0.15, 0.2) is 29.0 Å². The van der Waals surface area contributed by atoms with Gasteiger partial charge < -0.3 is 9.88 Å². The van der Waals surface area contributed by atoms with Crippen LogP contribution in [-0.4, -0.2) is 27.2 Å². The molecule has 0 unspecified atom stereocenters. The average Bonchev–Trinajstić information content (AvgIpc) is 2.75. The molecule has 0 saturated carbocycles. The molecule has 0 saturated heterocycles. The van der Waals surface area contributed by atoms with E-state index in [2.05, 4.69) is 31.4 Å². The van der Waals surface area contributed by atoms with Crippen LogP contribution in [0.5, 0.6) is 0 Å². The number of benzene rings is 1. The van der Waals surface area contributed by atoms with Crippen molar-refractivity contribution in [2.45, 2.75) is 13.3 Å². The topological polar surface area (TPSA) is 59.8 Å². The van der Waals surface area contributed by atoms with Crippen LogP contribution in [0.2, 0.25) is 0 Å². The van der Waals surface area contributed by atoms with Crippen LogP contribution in [-0.2, 0) is 13.5 Å². The van der Waals surface area contributed by atoms with E-state index in [9.17, 15) is 4.79 Å². The molecule has 0 radical (unpaired) electrons. The van der Waals surface area contributed by atoms with E-state index in [0.717, 1.165) is 15.9 Å². The summed E-state index contributed by atoms with van der Waals surface area (Å²) < 4.78 is 2.82. The minimum atomic E-state index is -0.0628. The van der Waals surface area contributed by atoms with Crippen LogP contribution in [0.3, 0.4) is 0 Å². The van der Waals surface area contributed by atoms with E-state index < -0.39 is 0 Å². The zero-order valence-corrected chi connectivity index (χ0v) is 12.4. The summed E-state index contributed by atoms with van der Waals surface area (Å²) in [6.07, 6.45) is 2.31. The molecule has 1 aromatic carbocycles. The fraction of sp³-hybridized carbons (Fsp3) is 0.308. The van der Waals surface area contributed by atoms with E-state index in [-0.39, 0.29) is 5.91 Å². The summed E-state index contributed by atoms with van der Waals surface area (Å²) in [5.41, 5.74) is 1.65. The smallest absolute Gasteiger partial charge is 0.251 e. The van der Waals surface area contributed by atoms with Crippen molar-refractivity contribution in [3.63, 3.8) is 0 Å². The Morgan fingerprint density at radius 2 is 2.26 bits per heavy atom. The Morgan fingerprint density at radius 3 is 2.89 bits per heavy atom. The van der Waals surface area contributed by atoms with Crippen molar-refractivity contribution >= 4 is 21.8 Å². The molecule has 1 amide bonds. The minimum Gasteiger partial charge on any atom is -0.352 e. The highest BCUT2D eigenvalue weighted by Gasteiger charge is 2.09. The van der Waals surface area contributed by atoms with E-state index in [4.69, 9.17) is 0 Å². The molecule has 0 bridgehead atoms. The number of halogens is 1. The van der Waals surface area contributed by atoms with Crippen molar-refractivity contribution in [2.75, 3.05) is 6.54 Å². The van der Waals surface area contributed by atoms with Gasteiger partial charge in [0.05, 0.1) is 0 Å². The molecule has 1 heterocycles. The first-order valence-electron chi connectivity index (χ1n) is 5.95. The van der Waals surface area contributed by atoms with Crippen molar-refractivity contribution in [1.29, 1.82) is 0 Å². The number of nitrogens with zero attached hydrogens (tertiary/aromatic N) is 3. The molecular weight excluding hydrogens is 308 g/mol. The predicted octanol–water partition coefficient (Wildman–Crippen LogP) is 1.86. The third kappa shape index (κ3) is 3.41. The molecule has 2 aromatic rings. The summed E-state index contributed by atoms with van der Waals surface area (Å²) >= 11 is 3.38. The monoisotopic (exact) mass is 322 g/mol. The SMILES string of the molecule is Cc1cc(Br)ccc1C(=O)NCCc1nncn1C. The van der Waals surface area contributed by atoms with E-state index in [1.165, 1.54) is 0 Å². The number of carbonyl (C=O) groups excluding carboxylic acids is 1. The second-order valence-electron chi connectivity index (χ2n) is 4.32. The quantitative estimate of drug-likeness (QED) is 0.934. The first kappa shape index (κ1) is 13.7. The number of hydrogen-bond donors (Lipinski definition) is 1. The molecule has 100 valence electrons. The van der Waals surface area contributed by atoms with Crippen LogP contribution in [0.4, 0.5) is 0 Å². The van der Waals surface area contributed by atoms with Crippen molar-refractivity contribution in [3.05, 3.63) is 46.0 Å². The van der Waals surface area contributed by atoms with E-state index in [0.29, 0.717) is 18.5 Å². The van der Waals surface area contributed by atoms with Crippen LogP contribution < -0.4 is 5.32 Å². The lowest BCUT2D eigenvalue weighted by atomic mass is 10.1. The Balaban J connectivity index is 1.93. The normalized spacial score (nSPS) is 10.5. The lowest BCUT2D eigenvalue weighted by Gasteiger charge is -2.07. The van der Waals surface area contributed by atoms with Crippen LogP contribution >= 0.6 is 15.9 Å². The third-order valence-corrected chi connectivity index (χ3v) is 3.37. The van der Waals surface area contributed by atoms with Gasteiger partial charge >= 0.3 is 0 Å². The largest absolute Gasteiger partial charge is 0.352 e. The van der Waals surface area contributed by atoms with E-state index in [1.807, 2.05) is 36.7 Å². The number of carbonyl (C=O) groups is 1. The fourth-order valence-electron chi connectivity index (χ4n) is 1.80. The third-order valence-electron chi connectivity index (χ3n) is 2.87. The van der Waals surface area contributed by atoms with Crippen molar-refractivity contribution < 1.29 is 4.79 Å². The van der Waals surface area contributed by atoms with Gasteiger partial charge in [-0.05, 0) is 30.7 Å². The standard InChI is InChI=1S/C13H15BrN4O/c1-9-7-10(14)3-4-11(9)13(19)15-6-5-12-17-16-8-18(12)2/h3-4,7-8H,5-6H2,1-2H3,(H,15,19). The van der Waals surface area contributed by atoms with Gasteiger partial charge in [-0.1, -0.05) is 15.9 Å². The first-order valence-corrected chi connectivity index (χ1v) is 6.74. The summed E-state index contributed by atoms with van der Waals surface area (Å²) in [6.45, 7) is 2.46. The summed E-state index contributed by atoms with van der Waals surface area (Å²) in [5.74, 6) is 0.792. The summed E-state index contributed by atoms with van der Waals surface area (Å²) in [4.78, 5) is 12.0. The zero-order valence-electron chi connectivity index (χ0n) is 10.9. The first-order chi connectivity index (χ1) is 9.08. The maximum absolute atomic E-state index is 12.0. The maximum atomic E-state index is 12.0. The van der Waals surface area contributed by atoms with Gasteiger partial charge in [-0.2, -0.15) is 0 Å². The van der Waals surface area contributed by atoms with Gasteiger partial charge in [0.25, 0.3) is 5.91 Å². The minimum absolute atomic E-state index is 0.0628. The Bertz CT molecular complexity index is 594. The number of aromatic nitrogens is 3. The Morgan fingerprint density at radius 1 is 1.47 bits per heavy atom. The second-order valence-corrected chi connectivity index (χ2v) is 5.24. The number of amides is 1. The molecule has 6 heteroatoms. The van der Waals surface area contributed by atoms with Crippen molar-refractivity contribution in [2.24, 2.45) is 7.05 Å². The summed E-state index contributed by atoms with van der Waals surface area (Å²) in [5, 5.41) is 10.7. The van der Waals surface area contributed by atoms with Crippen LogP contribution in [0.1, 0.15) is 21.7 Å². The number of rotatable bonds is 4. The predicted molar refractivity (Wildman–Crippen MR) is 75.9 cm³/mol. The second kappa shape index (κ2) is 5.97.